The summed E-state index contributed by atoms with van der Waals surface area (Å²) < 4.78 is 16.2. The van der Waals surface area contributed by atoms with Crippen LogP contribution in [0.4, 0.5) is 6.01 Å². The number of morpholine rings is 1. The van der Waals surface area contributed by atoms with Gasteiger partial charge in [-0.3, -0.25) is 0 Å². The summed E-state index contributed by atoms with van der Waals surface area (Å²) in [5.41, 5.74) is 1.61. The maximum atomic E-state index is 5.71. The van der Waals surface area contributed by atoms with Gasteiger partial charge in [-0.05, 0) is 12.1 Å². The fraction of sp³-hybridized carbons (Fsp3) is 0.417. The summed E-state index contributed by atoms with van der Waals surface area (Å²) in [5.74, 6) is 0.791. The zero-order valence-electron chi connectivity index (χ0n) is 9.68. The van der Waals surface area contributed by atoms with Crippen LogP contribution in [0.3, 0.4) is 0 Å². The van der Waals surface area contributed by atoms with Crippen molar-refractivity contribution in [2.24, 2.45) is 0 Å². The normalized spacial score (nSPS) is 16.4. The molecule has 3 rings (SSSR count). The Hall–Kier alpha value is -1.75. The molecule has 2 aromatic rings. The van der Waals surface area contributed by atoms with Gasteiger partial charge in [0.25, 0.3) is 6.01 Å². The fourth-order valence-electron chi connectivity index (χ4n) is 1.91. The monoisotopic (exact) mass is 234 g/mol. The van der Waals surface area contributed by atoms with Crippen molar-refractivity contribution in [3.05, 3.63) is 18.2 Å². The van der Waals surface area contributed by atoms with E-state index >= 15 is 0 Å². The molecular weight excluding hydrogens is 220 g/mol. The van der Waals surface area contributed by atoms with Crippen LogP contribution in [-0.4, -0.2) is 38.4 Å². The Bertz CT molecular complexity index is 517. The summed E-state index contributed by atoms with van der Waals surface area (Å²) in [5, 5.41) is 0. The first-order valence-electron chi connectivity index (χ1n) is 5.64. The molecule has 0 amide bonds. The van der Waals surface area contributed by atoms with Crippen LogP contribution in [-0.2, 0) is 4.74 Å². The maximum Gasteiger partial charge on any atom is 0.298 e. The predicted molar refractivity (Wildman–Crippen MR) is 63.6 cm³/mol. The van der Waals surface area contributed by atoms with Crippen molar-refractivity contribution in [2.45, 2.75) is 0 Å². The summed E-state index contributed by atoms with van der Waals surface area (Å²) in [6.07, 6.45) is 0. The number of rotatable bonds is 2. The number of benzene rings is 1. The van der Waals surface area contributed by atoms with Gasteiger partial charge in [0, 0.05) is 19.2 Å². The Morgan fingerprint density at radius 1 is 1.29 bits per heavy atom. The second kappa shape index (κ2) is 4.25. The molecule has 1 aromatic heterocycles. The van der Waals surface area contributed by atoms with Crippen molar-refractivity contribution in [1.29, 1.82) is 0 Å². The van der Waals surface area contributed by atoms with E-state index in [0.717, 1.165) is 43.2 Å². The number of hydrogen-bond acceptors (Lipinski definition) is 5. The number of hydrogen-bond donors (Lipinski definition) is 0. The second-order valence-electron chi connectivity index (χ2n) is 3.93. The Kier molecular flexibility index (Phi) is 2.60. The van der Waals surface area contributed by atoms with E-state index in [2.05, 4.69) is 9.88 Å². The molecule has 0 N–H and O–H groups in total. The number of ether oxygens (including phenoxy) is 2. The second-order valence-corrected chi connectivity index (χ2v) is 3.93. The van der Waals surface area contributed by atoms with E-state index in [-0.39, 0.29) is 0 Å². The van der Waals surface area contributed by atoms with Gasteiger partial charge in [-0.25, -0.2) is 0 Å². The van der Waals surface area contributed by atoms with Gasteiger partial charge in [0.1, 0.15) is 11.3 Å². The van der Waals surface area contributed by atoms with Gasteiger partial charge in [0.2, 0.25) is 0 Å². The lowest BCUT2D eigenvalue weighted by molar-refractivity contribution is 0.120. The van der Waals surface area contributed by atoms with Crippen molar-refractivity contribution in [3.8, 4) is 5.75 Å². The molecule has 1 aromatic carbocycles. The minimum Gasteiger partial charge on any atom is -0.497 e. The number of anilines is 1. The van der Waals surface area contributed by atoms with Crippen LogP contribution in [0.25, 0.3) is 11.1 Å². The molecule has 1 saturated heterocycles. The summed E-state index contributed by atoms with van der Waals surface area (Å²) in [7, 11) is 1.64. The lowest BCUT2D eigenvalue weighted by Crippen LogP contribution is -2.36. The zero-order valence-corrected chi connectivity index (χ0v) is 9.68. The van der Waals surface area contributed by atoms with E-state index in [0.29, 0.717) is 6.01 Å². The van der Waals surface area contributed by atoms with Crippen molar-refractivity contribution < 1.29 is 13.9 Å². The number of aromatic nitrogens is 1. The fourth-order valence-corrected chi connectivity index (χ4v) is 1.91. The first-order valence-corrected chi connectivity index (χ1v) is 5.64. The quantitative estimate of drug-likeness (QED) is 0.791. The van der Waals surface area contributed by atoms with E-state index in [4.69, 9.17) is 13.9 Å². The molecule has 5 nitrogen and oxygen atoms in total. The highest BCUT2D eigenvalue weighted by Crippen LogP contribution is 2.25. The highest BCUT2D eigenvalue weighted by atomic mass is 16.5. The molecule has 1 fully saturated rings. The van der Waals surface area contributed by atoms with Crippen LogP contribution < -0.4 is 9.64 Å². The van der Waals surface area contributed by atoms with Crippen LogP contribution in [0.5, 0.6) is 5.75 Å². The van der Waals surface area contributed by atoms with Gasteiger partial charge in [0.05, 0.1) is 20.3 Å². The van der Waals surface area contributed by atoms with E-state index in [9.17, 15) is 0 Å². The molecule has 0 aliphatic carbocycles. The van der Waals surface area contributed by atoms with Gasteiger partial charge < -0.3 is 18.8 Å². The maximum absolute atomic E-state index is 5.71. The van der Waals surface area contributed by atoms with Gasteiger partial charge in [0.15, 0.2) is 5.58 Å². The summed E-state index contributed by atoms with van der Waals surface area (Å²) in [6, 6.07) is 6.29. The minimum atomic E-state index is 0.663. The third-order valence-corrected chi connectivity index (χ3v) is 2.87. The summed E-state index contributed by atoms with van der Waals surface area (Å²) in [6.45, 7) is 3.10. The third-order valence-electron chi connectivity index (χ3n) is 2.87. The zero-order chi connectivity index (χ0) is 11.7. The van der Waals surface area contributed by atoms with E-state index < -0.39 is 0 Å². The number of nitrogens with zero attached hydrogens (tertiary/aromatic N) is 2. The standard InChI is InChI=1S/C12H14N2O3/c1-15-9-2-3-11-10(8-9)13-12(17-11)14-4-6-16-7-5-14/h2-3,8H,4-7H2,1H3. The smallest absolute Gasteiger partial charge is 0.298 e. The number of oxazole rings is 1. The first-order chi connectivity index (χ1) is 8.36. The number of fused-ring (bicyclic) bond motifs is 1. The summed E-state index contributed by atoms with van der Waals surface area (Å²) in [4.78, 5) is 6.56. The Morgan fingerprint density at radius 2 is 2.12 bits per heavy atom. The molecule has 17 heavy (non-hydrogen) atoms. The van der Waals surface area contributed by atoms with Crippen LogP contribution in [0, 0.1) is 0 Å². The van der Waals surface area contributed by atoms with Crippen molar-refractivity contribution >= 4 is 17.1 Å². The van der Waals surface area contributed by atoms with E-state index in [1.54, 1.807) is 7.11 Å². The van der Waals surface area contributed by atoms with E-state index in [1.165, 1.54) is 0 Å². The van der Waals surface area contributed by atoms with Crippen LogP contribution >= 0.6 is 0 Å². The molecule has 0 saturated carbocycles. The van der Waals surface area contributed by atoms with Gasteiger partial charge in [-0.1, -0.05) is 0 Å². The molecule has 0 atom stereocenters. The van der Waals surface area contributed by atoms with Crippen LogP contribution in [0.2, 0.25) is 0 Å². The van der Waals surface area contributed by atoms with Gasteiger partial charge in [-0.15, -0.1) is 0 Å². The van der Waals surface area contributed by atoms with E-state index in [1.807, 2.05) is 18.2 Å². The van der Waals surface area contributed by atoms with Crippen LogP contribution in [0.15, 0.2) is 22.6 Å². The molecular formula is C12H14N2O3. The molecule has 1 aliphatic rings. The SMILES string of the molecule is COc1ccc2oc(N3CCOCC3)nc2c1. The minimum absolute atomic E-state index is 0.663. The first kappa shape index (κ1) is 10.4. The van der Waals surface area contributed by atoms with Gasteiger partial charge in [-0.2, -0.15) is 4.98 Å². The molecule has 1 aliphatic heterocycles. The average molecular weight is 234 g/mol. The van der Waals surface area contributed by atoms with Gasteiger partial charge >= 0.3 is 0 Å². The summed E-state index contributed by atoms with van der Waals surface area (Å²) >= 11 is 0. The highest BCUT2D eigenvalue weighted by molar-refractivity contribution is 5.76. The molecule has 90 valence electrons. The Labute approximate surface area is 98.9 Å². The van der Waals surface area contributed by atoms with Crippen molar-refractivity contribution in [3.63, 3.8) is 0 Å². The largest absolute Gasteiger partial charge is 0.497 e. The topological polar surface area (TPSA) is 47.7 Å². The lowest BCUT2D eigenvalue weighted by Gasteiger charge is -2.24. The lowest BCUT2D eigenvalue weighted by atomic mass is 10.3. The van der Waals surface area contributed by atoms with Crippen LogP contribution in [0.1, 0.15) is 0 Å². The van der Waals surface area contributed by atoms with Crippen molar-refractivity contribution in [1.82, 2.24) is 4.98 Å². The predicted octanol–water partition coefficient (Wildman–Crippen LogP) is 1.67. The molecule has 5 heteroatoms. The molecule has 0 radical (unpaired) electrons. The molecule has 2 heterocycles. The average Bonchev–Trinajstić information content (AvgIpc) is 2.82. The molecule has 0 bridgehead atoms. The number of methoxy groups -OCH3 is 1. The van der Waals surface area contributed by atoms with Crippen molar-refractivity contribution in [2.75, 3.05) is 38.3 Å². The third kappa shape index (κ3) is 1.93. The highest BCUT2D eigenvalue weighted by Gasteiger charge is 2.17. The molecule has 0 unspecified atom stereocenters. The Morgan fingerprint density at radius 3 is 2.88 bits per heavy atom. The molecule has 0 spiro atoms. The Balaban J connectivity index is 1.95.